The first kappa shape index (κ1) is 22.6. The van der Waals surface area contributed by atoms with Gasteiger partial charge in [0.05, 0.1) is 0 Å². The third kappa shape index (κ3) is 12.0. The Morgan fingerprint density at radius 2 is 1.38 bits per heavy atom. The van der Waals surface area contributed by atoms with Gasteiger partial charge in [0.25, 0.3) is 0 Å². The summed E-state index contributed by atoms with van der Waals surface area (Å²) in [4.78, 5) is 0. The van der Waals surface area contributed by atoms with Crippen LogP contribution in [0.3, 0.4) is 0 Å². The molecule has 146 valence electrons. The van der Waals surface area contributed by atoms with Crippen molar-refractivity contribution >= 4 is 0 Å². The fourth-order valence-electron chi connectivity index (χ4n) is 3.35. The number of hydrogen-bond acceptors (Lipinski definition) is 2. The van der Waals surface area contributed by atoms with Gasteiger partial charge in [0.1, 0.15) is 11.8 Å². The highest BCUT2D eigenvalue weighted by Crippen LogP contribution is 2.18. The van der Waals surface area contributed by atoms with Gasteiger partial charge in [-0.25, -0.2) is 0 Å². The number of aryl methyl sites for hydroxylation is 1. The Kier molecular flexibility index (Phi) is 13.7. The van der Waals surface area contributed by atoms with E-state index in [1.165, 1.54) is 89.0 Å². The molecule has 0 heterocycles. The number of hydrogen-bond donors (Lipinski definition) is 0. The molecule has 1 aromatic carbocycles. The van der Waals surface area contributed by atoms with E-state index in [4.69, 9.17) is 10.00 Å². The fourth-order valence-corrected chi connectivity index (χ4v) is 3.35. The van der Waals surface area contributed by atoms with Crippen LogP contribution in [-0.2, 0) is 6.42 Å². The number of unbranched alkanes of at least 4 members (excludes halogenated alkanes) is 12. The van der Waals surface area contributed by atoms with E-state index in [9.17, 15) is 0 Å². The minimum Gasteiger partial charge on any atom is -0.476 e. The molecule has 0 fully saturated rings. The molecule has 0 bridgehead atoms. The zero-order valence-corrected chi connectivity index (χ0v) is 17.1. The van der Waals surface area contributed by atoms with Crippen LogP contribution in [0, 0.1) is 11.3 Å². The summed E-state index contributed by atoms with van der Waals surface area (Å²) in [6, 6.07) is 10.3. The topological polar surface area (TPSA) is 33.0 Å². The molecule has 2 heteroatoms. The lowest BCUT2D eigenvalue weighted by molar-refractivity contribution is 0.276. The summed E-state index contributed by atoms with van der Waals surface area (Å²) in [5.41, 5.74) is 1.32. The van der Waals surface area contributed by atoms with Crippen molar-refractivity contribution in [2.45, 2.75) is 110 Å². The highest BCUT2D eigenvalue weighted by atomic mass is 16.5. The molecule has 0 aliphatic rings. The summed E-state index contributed by atoms with van der Waals surface area (Å²) >= 11 is 0. The number of nitrogens with zero attached hydrogens (tertiary/aromatic N) is 1. The van der Waals surface area contributed by atoms with Crippen LogP contribution in [0.2, 0.25) is 0 Å². The molecular formula is C24H39NO. The van der Waals surface area contributed by atoms with E-state index in [-0.39, 0.29) is 6.10 Å². The van der Waals surface area contributed by atoms with Crippen molar-refractivity contribution in [3.05, 3.63) is 29.8 Å². The van der Waals surface area contributed by atoms with Crippen molar-refractivity contribution in [2.75, 3.05) is 0 Å². The Labute approximate surface area is 162 Å². The number of rotatable bonds is 16. The molecule has 0 aromatic heterocycles. The molecule has 0 amide bonds. The van der Waals surface area contributed by atoms with E-state index in [1.807, 2.05) is 12.1 Å². The maximum atomic E-state index is 8.83. The Bertz CT molecular complexity index is 491. The lowest BCUT2D eigenvalue weighted by Crippen LogP contribution is -2.08. The normalized spacial score (nSPS) is 11.9. The molecule has 1 aromatic rings. The first-order chi connectivity index (χ1) is 12.8. The van der Waals surface area contributed by atoms with Crippen molar-refractivity contribution < 1.29 is 4.74 Å². The SMILES string of the molecule is CCCCCCCCCCCCCCCc1cccc(OC(C)C#N)c1. The van der Waals surface area contributed by atoms with Crippen molar-refractivity contribution in [1.82, 2.24) is 0 Å². The van der Waals surface area contributed by atoms with Gasteiger partial charge in [-0.15, -0.1) is 0 Å². The average Bonchev–Trinajstić information content (AvgIpc) is 2.65. The Morgan fingerprint density at radius 3 is 1.92 bits per heavy atom. The van der Waals surface area contributed by atoms with Crippen LogP contribution in [-0.4, -0.2) is 6.10 Å². The third-order valence-corrected chi connectivity index (χ3v) is 4.96. The van der Waals surface area contributed by atoms with E-state index >= 15 is 0 Å². The highest BCUT2D eigenvalue weighted by Gasteiger charge is 2.02. The van der Waals surface area contributed by atoms with Crippen molar-refractivity contribution in [1.29, 1.82) is 5.26 Å². The lowest BCUT2D eigenvalue weighted by Gasteiger charge is -2.09. The molecule has 1 atom stereocenters. The predicted molar refractivity (Wildman–Crippen MR) is 112 cm³/mol. The second-order valence-electron chi connectivity index (χ2n) is 7.53. The molecular weight excluding hydrogens is 318 g/mol. The number of ether oxygens (including phenoxy) is 1. The molecule has 0 radical (unpaired) electrons. The summed E-state index contributed by atoms with van der Waals surface area (Å²) in [5.74, 6) is 0.811. The summed E-state index contributed by atoms with van der Waals surface area (Å²) in [6.07, 6.45) is 18.8. The lowest BCUT2D eigenvalue weighted by atomic mass is 10.0. The summed E-state index contributed by atoms with van der Waals surface area (Å²) in [7, 11) is 0. The molecule has 0 saturated carbocycles. The van der Waals surface area contributed by atoms with Crippen LogP contribution in [0.4, 0.5) is 0 Å². The standard InChI is InChI=1S/C24H39NO/c1-3-4-5-6-7-8-9-10-11-12-13-14-15-17-23-18-16-19-24(20-23)26-22(2)21-25/h16,18-20,22H,3-15,17H2,1-2H3. The molecule has 0 saturated heterocycles. The van der Waals surface area contributed by atoms with Gasteiger partial charge in [-0.1, -0.05) is 96.1 Å². The molecule has 1 unspecified atom stereocenters. The van der Waals surface area contributed by atoms with Crippen molar-refractivity contribution in [2.24, 2.45) is 0 Å². The van der Waals surface area contributed by atoms with Crippen LogP contribution in [0.1, 0.15) is 103 Å². The Morgan fingerprint density at radius 1 is 0.846 bits per heavy atom. The Hall–Kier alpha value is -1.49. The molecule has 26 heavy (non-hydrogen) atoms. The molecule has 0 N–H and O–H groups in total. The van der Waals surface area contributed by atoms with Gasteiger partial charge in [0.2, 0.25) is 0 Å². The zero-order chi connectivity index (χ0) is 18.9. The van der Waals surface area contributed by atoms with E-state index in [0.717, 1.165) is 12.2 Å². The second-order valence-corrected chi connectivity index (χ2v) is 7.53. The zero-order valence-electron chi connectivity index (χ0n) is 17.1. The summed E-state index contributed by atoms with van der Waals surface area (Å²) < 4.78 is 5.56. The van der Waals surface area contributed by atoms with Gasteiger partial charge in [-0.3, -0.25) is 0 Å². The quantitative estimate of drug-likeness (QED) is 0.285. The van der Waals surface area contributed by atoms with Gasteiger partial charge in [-0.2, -0.15) is 5.26 Å². The van der Waals surface area contributed by atoms with Crippen LogP contribution in [0.5, 0.6) is 5.75 Å². The van der Waals surface area contributed by atoms with Gasteiger partial charge in [-0.05, 0) is 37.5 Å². The van der Waals surface area contributed by atoms with Gasteiger partial charge in [0, 0.05) is 0 Å². The highest BCUT2D eigenvalue weighted by molar-refractivity contribution is 5.29. The summed E-state index contributed by atoms with van der Waals surface area (Å²) in [5, 5.41) is 8.83. The third-order valence-electron chi connectivity index (χ3n) is 4.96. The van der Waals surface area contributed by atoms with Crippen LogP contribution in [0.15, 0.2) is 24.3 Å². The number of nitriles is 1. The smallest absolute Gasteiger partial charge is 0.181 e. The van der Waals surface area contributed by atoms with Gasteiger partial charge >= 0.3 is 0 Å². The van der Waals surface area contributed by atoms with E-state index in [0.29, 0.717) is 0 Å². The fraction of sp³-hybridized carbons (Fsp3) is 0.708. The first-order valence-electron chi connectivity index (χ1n) is 10.9. The van der Waals surface area contributed by atoms with Crippen LogP contribution < -0.4 is 4.74 Å². The monoisotopic (exact) mass is 357 g/mol. The average molecular weight is 358 g/mol. The summed E-state index contributed by atoms with van der Waals surface area (Å²) in [6.45, 7) is 4.06. The molecule has 0 aliphatic heterocycles. The largest absolute Gasteiger partial charge is 0.476 e. The molecule has 0 aliphatic carbocycles. The first-order valence-corrected chi connectivity index (χ1v) is 10.9. The van der Waals surface area contributed by atoms with E-state index in [1.54, 1.807) is 6.92 Å². The van der Waals surface area contributed by atoms with Gasteiger partial charge < -0.3 is 4.74 Å². The molecule has 2 nitrogen and oxygen atoms in total. The Balaban J connectivity index is 1.96. The van der Waals surface area contributed by atoms with E-state index < -0.39 is 0 Å². The van der Waals surface area contributed by atoms with Crippen LogP contribution in [0.25, 0.3) is 0 Å². The van der Waals surface area contributed by atoms with Crippen molar-refractivity contribution in [3.8, 4) is 11.8 Å². The minimum absolute atomic E-state index is 0.387. The molecule has 1 rings (SSSR count). The molecule has 0 spiro atoms. The van der Waals surface area contributed by atoms with E-state index in [2.05, 4.69) is 25.1 Å². The predicted octanol–water partition coefficient (Wildman–Crippen LogP) is 7.61. The second kappa shape index (κ2) is 15.7. The van der Waals surface area contributed by atoms with Crippen molar-refractivity contribution in [3.63, 3.8) is 0 Å². The van der Waals surface area contributed by atoms with Crippen LogP contribution >= 0.6 is 0 Å². The maximum absolute atomic E-state index is 8.83. The minimum atomic E-state index is -0.387. The van der Waals surface area contributed by atoms with Gasteiger partial charge in [0.15, 0.2) is 6.10 Å². The number of benzene rings is 1. The maximum Gasteiger partial charge on any atom is 0.181 e.